The van der Waals surface area contributed by atoms with Gasteiger partial charge in [-0.1, -0.05) is 17.3 Å². The number of benzene rings is 1. The molecule has 84 valence electrons. The number of rotatable bonds is 3. The van der Waals surface area contributed by atoms with E-state index in [0.717, 1.165) is 0 Å². The third-order valence-corrected chi connectivity index (χ3v) is 2.39. The van der Waals surface area contributed by atoms with Gasteiger partial charge in [0.25, 0.3) is 0 Å². The van der Waals surface area contributed by atoms with Crippen LogP contribution in [0.15, 0.2) is 28.8 Å². The normalized spacial score (nSPS) is 12.6. The highest BCUT2D eigenvalue weighted by Crippen LogP contribution is 2.26. The summed E-state index contributed by atoms with van der Waals surface area (Å²) in [6, 6.07) is 6.89. The van der Waals surface area contributed by atoms with Crippen molar-refractivity contribution in [2.45, 2.75) is 13.0 Å². The van der Waals surface area contributed by atoms with Gasteiger partial charge in [-0.05, 0) is 26.1 Å². The van der Waals surface area contributed by atoms with Crippen molar-refractivity contribution in [3.63, 3.8) is 0 Å². The number of nitrogens with one attached hydrogen (secondary N) is 1. The van der Waals surface area contributed by atoms with Crippen LogP contribution in [0.2, 0.25) is 0 Å². The van der Waals surface area contributed by atoms with Crippen molar-refractivity contribution in [1.82, 2.24) is 15.5 Å². The summed E-state index contributed by atoms with van der Waals surface area (Å²) in [4.78, 5) is 4.21. The maximum atomic E-state index is 9.63. The first kappa shape index (κ1) is 10.6. The Morgan fingerprint density at radius 2 is 2.12 bits per heavy atom. The van der Waals surface area contributed by atoms with Crippen LogP contribution in [-0.4, -0.2) is 22.3 Å². The fourth-order valence-corrected chi connectivity index (χ4v) is 1.31. The van der Waals surface area contributed by atoms with Gasteiger partial charge in [-0.15, -0.1) is 0 Å². The van der Waals surface area contributed by atoms with Gasteiger partial charge in [0.1, 0.15) is 5.75 Å². The minimum Gasteiger partial charge on any atom is -0.507 e. The quantitative estimate of drug-likeness (QED) is 0.822. The smallest absolute Gasteiger partial charge is 0.243 e. The molecule has 1 aromatic carbocycles. The third kappa shape index (κ3) is 1.90. The third-order valence-electron chi connectivity index (χ3n) is 2.39. The largest absolute Gasteiger partial charge is 0.507 e. The molecule has 0 saturated heterocycles. The van der Waals surface area contributed by atoms with Crippen LogP contribution in [-0.2, 0) is 0 Å². The zero-order valence-electron chi connectivity index (χ0n) is 9.14. The van der Waals surface area contributed by atoms with Crippen molar-refractivity contribution in [3.05, 3.63) is 30.2 Å². The van der Waals surface area contributed by atoms with Crippen LogP contribution in [0.1, 0.15) is 18.9 Å². The van der Waals surface area contributed by atoms with E-state index in [1.807, 2.05) is 20.0 Å². The highest BCUT2D eigenvalue weighted by molar-refractivity contribution is 5.62. The van der Waals surface area contributed by atoms with Crippen LogP contribution in [0.5, 0.6) is 5.75 Å². The SMILES string of the molecule is CNC(C)c1nc(-c2ccccc2O)no1. The van der Waals surface area contributed by atoms with Gasteiger partial charge >= 0.3 is 0 Å². The topological polar surface area (TPSA) is 71.2 Å². The first-order valence-electron chi connectivity index (χ1n) is 5.01. The first-order valence-corrected chi connectivity index (χ1v) is 5.01. The Kier molecular flexibility index (Phi) is 2.87. The molecule has 1 unspecified atom stereocenters. The molecule has 5 heteroatoms. The molecule has 0 aliphatic heterocycles. The van der Waals surface area contributed by atoms with Gasteiger partial charge in [-0.2, -0.15) is 4.98 Å². The molecule has 1 aromatic heterocycles. The van der Waals surface area contributed by atoms with Gasteiger partial charge in [-0.3, -0.25) is 0 Å². The Labute approximate surface area is 93.1 Å². The maximum absolute atomic E-state index is 9.63. The number of para-hydroxylation sites is 1. The lowest BCUT2D eigenvalue weighted by Gasteiger charge is -2.01. The van der Waals surface area contributed by atoms with Crippen molar-refractivity contribution < 1.29 is 9.63 Å². The number of aromatic hydroxyl groups is 1. The van der Waals surface area contributed by atoms with Crippen molar-refractivity contribution in [1.29, 1.82) is 0 Å². The maximum Gasteiger partial charge on any atom is 0.243 e. The molecule has 0 fully saturated rings. The van der Waals surface area contributed by atoms with E-state index in [4.69, 9.17) is 4.52 Å². The molecule has 1 heterocycles. The number of hydrogen-bond acceptors (Lipinski definition) is 5. The monoisotopic (exact) mass is 219 g/mol. The summed E-state index contributed by atoms with van der Waals surface area (Å²) >= 11 is 0. The zero-order chi connectivity index (χ0) is 11.5. The van der Waals surface area contributed by atoms with Gasteiger partial charge in [-0.25, -0.2) is 0 Å². The number of phenolic OH excluding ortho intramolecular Hbond substituents is 1. The van der Waals surface area contributed by atoms with E-state index in [-0.39, 0.29) is 11.8 Å². The van der Waals surface area contributed by atoms with E-state index >= 15 is 0 Å². The van der Waals surface area contributed by atoms with Crippen LogP contribution >= 0.6 is 0 Å². The van der Waals surface area contributed by atoms with Crippen LogP contribution in [0.3, 0.4) is 0 Å². The van der Waals surface area contributed by atoms with Crippen molar-refractivity contribution in [3.8, 4) is 17.1 Å². The minimum atomic E-state index is -0.00731. The fourth-order valence-electron chi connectivity index (χ4n) is 1.31. The summed E-state index contributed by atoms with van der Waals surface area (Å²) in [6.07, 6.45) is 0. The Balaban J connectivity index is 2.35. The van der Waals surface area contributed by atoms with E-state index in [1.165, 1.54) is 0 Å². The van der Waals surface area contributed by atoms with Crippen molar-refractivity contribution >= 4 is 0 Å². The van der Waals surface area contributed by atoms with Gasteiger partial charge in [0.05, 0.1) is 11.6 Å². The summed E-state index contributed by atoms with van der Waals surface area (Å²) in [5, 5.41) is 16.5. The average Bonchev–Trinajstić information content (AvgIpc) is 2.78. The molecule has 1 atom stereocenters. The summed E-state index contributed by atoms with van der Waals surface area (Å²) in [7, 11) is 1.81. The van der Waals surface area contributed by atoms with E-state index in [2.05, 4.69) is 15.5 Å². The van der Waals surface area contributed by atoms with Crippen LogP contribution in [0, 0.1) is 0 Å². The molecular weight excluding hydrogens is 206 g/mol. The molecule has 0 spiro atoms. The van der Waals surface area contributed by atoms with Crippen LogP contribution < -0.4 is 5.32 Å². The Hall–Kier alpha value is -1.88. The van der Waals surface area contributed by atoms with E-state index < -0.39 is 0 Å². The standard InChI is InChI=1S/C11H13N3O2/c1-7(12-2)11-13-10(14-16-11)8-5-3-4-6-9(8)15/h3-7,12,15H,1-2H3. The summed E-state index contributed by atoms with van der Waals surface area (Å²) < 4.78 is 5.09. The second-order valence-electron chi connectivity index (χ2n) is 3.48. The lowest BCUT2D eigenvalue weighted by Crippen LogP contribution is -2.12. The van der Waals surface area contributed by atoms with Gasteiger partial charge in [0.15, 0.2) is 0 Å². The lowest BCUT2D eigenvalue weighted by atomic mass is 10.2. The summed E-state index contributed by atoms with van der Waals surface area (Å²) in [6.45, 7) is 1.92. The fraction of sp³-hybridized carbons (Fsp3) is 0.273. The molecule has 0 amide bonds. The van der Waals surface area contributed by atoms with E-state index in [9.17, 15) is 5.11 Å². The van der Waals surface area contributed by atoms with Gasteiger partial charge in [0.2, 0.25) is 11.7 Å². The van der Waals surface area contributed by atoms with Crippen molar-refractivity contribution in [2.24, 2.45) is 0 Å². The molecule has 2 aromatic rings. The molecule has 0 saturated carbocycles. The second-order valence-corrected chi connectivity index (χ2v) is 3.48. The van der Waals surface area contributed by atoms with Gasteiger partial charge in [0, 0.05) is 0 Å². The Bertz CT molecular complexity index is 482. The average molecular weight is 219 g/mol. The van der Waals surface area contributed by atoms with Gasteiger partial charge < -0.3 is 14.9 Å². The highest BCUT2D eigenvalue weighted by Gasteiger charge is 2.15. The molecule has 0 bridgehead atoms. The van der Waals surface area contributed by atoms with Crippen LogP contribution in [0.25, 0.3) is 11.4 Å². The molecule has 2 N–H and O–H groups in total. The molecule has 5 nitrogen and oxygen atoms in total. The van der Waals surface area contributed by atoms with E-state index in [0.29, 0.717) is 17.3 Å². The minimum absolute atomic E-state index is 0.00731. The summed E-state index contributed by atoms with van der Waals surface area (Å²) in [5.74, 6) is 1.04. The highest BCUT2D eigenvalue weighted by atomic mass is 16.5. The van der Waals surface area contributed by atoms with Crippen molar-refractivity contribution in [2.75, 3.05) is 7.05 Å². The molecule has 2 rings (SSSR count). The number of aromatic nitrogens is 2. The molecule has 0 aliphatic rings. The van der Waals surface area contributed by atoms with E-state index in [1.54, 1.807) is 18.2 Å². The summed E-state index contributed by atoms with van der Waals surface area (Å²) in [5.41, 5.74) is 0.570. The molecular formula is C11H13N3O2. The number of nitrogens with zero attached hydrogens (tertiary/aromatic N) is 2. The molecule has 0 radical (unpaired) electrons. The lowest BCUT2D eigenvalue weighted by molar-refractivity contribution is 0.347. The number of hydrogen-bond donors (Lipinski definition) is 2. The molecule has 16 heavy (non-hydrogen) atoms. The predicted octanol–water partition coefficient (Wildman–Crippen LogP) is 1.72. The second kappa shape index (κ2) is 4.32. The Morgan fingerprint density at radius 3 is 2.81 bits per heavy atom. The number of phenols is 1. The molecule has 0 aliphatic carbocycles. The first-order chi connectivity index (χ1) is 7.72. The Morgan fingerprint density at radius 1 is 1.38 bits per heavy atom. The van der Waals surface area contributed by atoms with Crippen LogP contribution in [0.4, 0.5) is 0 Å². The predicted molar refractivity (Wildman–Crippen MR) is 58.9 cm³/mol. The zero-order valence-corrected chi connectivity index (χ0v) is 9.14.